The Morgan fingerprint density at radius 2 is 1.82 bits per heavy atom. The maximum atomic E-state index is 13.7. The highest BCUT2D eigenvalue weighted by Crippen LogP contribution is 2.35. The topological polar surface area (TPSA) is 43.3 Å². The van der Waals surface area contributed by atoms with Gasteiger partial charge in [0.1, 0.15) is 6.67 Å². The number of nitrogens with zero attached hydrogens (tertiary/aromatic N) is 1. The summed E-state index contributed by atoms with van der Waals surface area (Å²) in [6.45, 7) is 1.63. The van der Waals surface area contributed by atoms with E-state index in [9.17, 15) is 22.4 Å². The van der Waals surface area contributed by atoms with Crippen molar-refractivity contribution < 1.29 is 27.1 Å². The van der Waals surface area contributed by atoms with Gasteiger partial charge in [-0.1, -0.05) is 36.7 Å². The van der Waals surface area contributed by atoms with Crippen LogP contribution in [0.4, 0.5) is 17.6 Å². The molecule has 4 rings (SSSR count). The van der Waals surface area contributed by atoms with E-state index in [1.807, 2.05) is 24.3 Å². The number of halogens is 5. The summed E-state index contributed by atoms with van der Waals surface area (Å²) >= 11 is 7.56. The zero-order valence-corrected chi connectivity index (χ0v) is 23.6. The normalized spacial score (nSPS) is 12.6. The average molecular weight is 593 g/mol. The van der Waals surface area contributed by atoms with Crippen LogP contribution in [0.1, 0.15) is 45.7 Å². The minimum absolute atomic E-state index is 0.0152. The molecular formula is C30H29ClF4N2O2S. The van der Waals surface area contributed by atoms with Crippen LogP contribution in [-0.2, 0) is 23.9 Å². The minimum atomic E-state index is -4.59. The lowest BCUT2D eigenvalue weighted by molar-refractivity contribution is -0.138. The van der Waals surface area contributed by atoms with E-state index in [1.54, 1.807) is 47.7 Å². The molecule has 1 amide bonds. The number of fused-ring (bicyclic) bond motifs is 1. The number of nitrogens with one attached hydrogen (secondary N) is 1. The number of methoxy groups -OCH3 is 1. The Morgan fingerprint density at radius 3 is 2.48 bits per heavy atom. The maximum Gasteiger partial charge on any atom is 0.416 e. The first-order valence-electron chi connectivity index (χ1n) is 12.7. The molecule has 4 nitrogen and oxygen atoms in total. The molecule has 0 spiro atoms. The summed E-state index contributed by atoms with van der Waals surface area (Å²) in [5.74, 6) is 0.630. The Labute approximate surface area is 239 Å². The van der Waals surface area contributed by atoms with Crippen LogP contribution in [0, 0.1) is 0 Å². The number of rotatable bonds is 11. The second-order valence-corrected chi connectivity index (χ2v) is 11.0. The van der Waals surface area contributed by atoms with Crippen molar-refractivity contribution in [3.63, 3.8) is 0 Å². The summed E-state index contributed by atoms with van der Waals surface area (Å²) in [7, 11) is 1.56. The molecule has 0 aliphatic rings. The lowest BCUT2D eigenvalue weighted by Gasteiger charge is -2.19. The van der Waals surface area contributed by atoms with Crippen LogP contribution in [0.15, 0.2) is 71.6 Å². The molecule has 1 atom stereocenters. The van der Waals surface area contributed by atoms with Gasteiger partial charge in [-0.2, -0.15) is 13.2 Å². The van der Waals surface area contributed by atoms with Gasteiger partial charge in [0.15, 0.2) is 0 Å². The number of ether oxygens (including phenoxy) is 1. The Balaban J connectivity index is 1.63. The zero-order chi connectivity index (χ0) is 28.9. The van der Waals surface area contributed by atoms with Gasteiger partial charge < -0.3 is 14.6 Å². The molecule has 4 aromatic rings. The summed E-state index contributed by atoms with van der Waals surface area (Å²) in [5, 5.41) is 3.62. The molecule has 0 aliphatic carbocycles. The third-order valence-electron chi connectivity index (χ3n) is 6.54. The second kappa shape index (κ2) is 13.1. The number of amides is 1. The number of alkyl halides is 4. The molecule has 3 aromatic carbocycles. The zero-order valence-electron chi connectivity index (χ0n) is 22.0. The van der Waals surface area contributed by atoms with E-state index in [4.69, 9.17) is 16.3 Å². The molecule has 10 heteroatoms. The monoisotopic (exact) mass is 592 g/mol. The minimum Gasteiger partial charge on any atom is -0.382 e. The first-order valence-corrected chi connectivity index (χ1v) is 14.1. The number of carbonyl (C=O) groups excluding carboxylic acids is 1. The Hall–Kier alpha value is -3.01. The van der Waals surface area contributed by atoms with Crippen LogP contribution >= 0.6 is 23.4 Å². The molecule has 0 unspecified atom stereocenters. The smallest absolute Gasteiger partial charge is 0.382 e. The van der Waals surface area contributed by atoms with Gasteiger partial charge in [0.25, 0.3) is 5.91 Å². The highest BCUT2D eigenvalue weighted by atomic mass is 35.5. The SMILES string of the molecule is CCSc1ccc([C@H](COC)NC(=O)c2ccc3c(c2)cc(Cc2ccc(Cl)cc2C(F)(F)F)n3CCF)cc1. The highest BCUT2D eigenvalue weighted by Gasteiger charge is 2.33. The van der Waals surface area contributed by atoms with E-state index in [1.165, 1.54) is 12.1 Å². The third-order valence-corrected chi connectivity index (χ3v) is 7.67. The first-order chi connectivity index (χ1) is 19.1. The van der Waals surface area contributed by atoms with E-state index in [-0.39, 0.29) is 42.1 Å². The van der Waals surface area contributed by atoms with Gasteiger partial charge in [0.05, 0.1) is 24.8 Å². The van der Waals surface area contributed by atoms with E-state index in [0.29, 0.717) is 22.2 Å². The fourth-order valence-electron chi connectivity index (χ4n) is 4.72. The van der Waals surface area contributed by atoms with Gasteiger partial charge in [-0.05, 0) is 65.4 Å². The van der Waals surface area contributed by atoms with Crippen molar-refractivity contribution in [2.24, 2.45) is 0 Å². The molecule has 0 saturated heterocycles. The van der Waals surface area contributed by atoms with Crippen LogP contribution < -0.4 is 5.32 Å². The Kier molecular flexibility index (Phi) is 9.81. The van der Waals surface area contributed by atoms with Gasteiger partial charge in [0.2, 0.25) is 0 Å². The van der Waals surface area contributed by atoms with Crippen molar-refractivity contribution in [3.8, 4) is 0 Å². The van der Waals surface area contributed by atoms with E-state index in [2.05, 4.69) is 12.2 Å². The van der Waals surface area contributed by atoms with Crippen molar-refractivity contribution in [2.75, 3.05) is 26.1 Å². The highest BCUT2D eigenvalue weighted by molar-refractivity contribution is 7.99. The van der Waals surface area contributed by atoms with Gasteiger partial charge in [0, 0.05) is 45.6 Å². The third kappa shape index (κ3) is 7.00. The lowest BCUT2D eigenvalue weighted by atomic mass is 10.0. The van der Waals surface area contributed by atoms with Crippen molar-refractivity contribution >= 4 is 40.2 Å². The summed E-state index contributed by atoms with van der Waals surface area (Å²) in [6.07, 6.45) is -4.67. The molecule has 1 heterocycles. The molecule has 212 valence electrons. The number of carbonyl (C=O) groups is 1. The number of aromatic nitrogens is 1. The predicted octanol–water partition coefficient (Wildman–Crippen LogP) is 8.10. The number of hydrogen-bond acceptors (Lipinski definition) is 3. The molecular weight excluding hydrogens is 564 g/mol. The summed E-state index contributed by atoms with van der Waals surface area (Å²) in [5.41, 5.74) is 1.60. The van der Waals surface area contributed by atoms with Crippen LogP contribution in [0.5, 0.6) is 0 Å². The summed E-state index contributed by atoms with van der Waals surface area (Å²) in [4.78, 5) is 14.4. The fourth-order valence-corrected chi connectivity index (χ4v) is 5.55. The first kappa shape index (κ1) is 30.0. The second-order valence-electron chi connectivity index (χ2n) is 9.21. The molecule has 1 aromatic heterocycles. The number of aryl methyl sites for hydroxylation is 1. The molecule has 0 radical (unpaired) electrons. The van der Waals surface area contributed by atoms with Crippen molar-refractivity contribution in [3.05, 3.63) is 99.7 Å². The van der Waals surface area contributed by atoms with Crippen LogP contribution in [0.2, 0.25) is 5.02 Å². The lowest BCUT2D eigenvalue weighted by Crippen LogP contribution is -2.31. The van der Waals surface area contributed by atoms with Crippen molar-refractivity contribution in [2.45, 2.75) is 37.0 Å². The Morgan fingerprint density at radius 1 is 1.07 bits per heavy atom. The summed E-state index contributed by atoms with van der Waals surface area (Å²) < 4.78 is 61.5. The van der Waals surface area contributed by atoms with E-state index >= 15 is 0 Å². The Bertz CT molecular complexity index is 1470. The fraction of sp³-hybridized carbons (Fsp3) is 0.300. The van der Waals surface area contributed by atoms with E-state index in [0.717, 1.165) is 22.3 Å². The van der Waals surface area contributed by atoms with Crippen molar-refractivity contribution in [1.29, 1.82) is 0 Å². The standard InChI is InChI=1S/C30H29ClF4N2O2S/c1-3-40-25-9-5-19(6-10-25)27(18-39-2)36-29(38)21-7-11-28-22(14-21)16-24(37(28)13-12-32)15-20-4-8-23(31)17-26(20)30(33,34)35/h4-11,14,16-17,27H,3,12-13,15,18H2,1-2H3,(H,36,38)/t27-/m0/s1. The largest absolute Gasteiger partial charge is 0.416 e. The molecule has 0 saturated carbocycles. The molecule has 0 bridgehead atoms. The van der Waals surface area contributed by atoms with Crippen LogP contribution in [0.3, 0.4) is 0 Å². The number of hydrogen-bond donors (Lipinski definition) is 1. The molecule has 0 aliphatic heterocycles. The van der Waals surface area contributed by atoms with Gasteiger partial charge in [-0.15, -0.1) is 11.8 Å². The number of benzene rings is 3. The van der Waals surface area contributed by atoms with Crippen molar-refractivity contribution in [1.82, 2.24) is 9.88 Å². The van der Waals surface area contributed by atoms with Gasteiger partial charge in [-0.25, -0.2) is 4.39 Å². The summed E-state index contributed by atoms with van der Waals surface area (Å²) in [6, 6.07) is 17.9. The number of thioether (sulfide) groups is 1. The van der Waals surface area contributed by atoms with E-state index < -0.39 is 18.4 Å². The molecule has 1 N–H and O–H groups in total. The molecule has 40 heavy (non-hydrogen) atoms. The van der Waals surface area contributed by atoms with Crippen LogP contribution in [0.25, 0.3) is 10.9 Å². The predicted molar refractivity (Wildman–Crippen MR) is 152 cm³/mol. The molecule has 0 fully saturated rings. The van der Waals surface area contributed by atoms with Gasteiger partial charge >= 0.3 is 6.18 Å². The van der Waals surface area contributed by atoms with Crippen LogP contribution in [-0.4, -0.2) is 36.6 Å². The quantitative estimate of drug-likeness (QED) is 0.141. The van der Waals surface area contributed by atoms with Gasteiger partial charge in [-0.3, -0.25) is 4.79 Å². The average Bonchev–Trinajstić information content (AvgIpc) is 3.25. The maximum absolute atomic E-state index is 13.7.